The number of hydrogen-bond donors (Lipinski definition) is 2. The number of aliphatic carboxylic acids is 2. The molecule has 1 aromatic rings. The molecule has 2 N–H and O–H groups in total. The Morgan fingerprint density at radius 2 is 1.73 bits per heavy atom. The fourth-order valence-corrected chi connectivity index (χ4v) is 3.05. The number of carbonyl (C=O) groups is 2. The van der Waals surface area contributed by atoms with Gasteiger partial charge in [-0.15, -0.1) is 0 Å². The van der Waals surface area contributed by atoms with Gasteiger partial charge in [-0.25, -0.2) is 9.59 Å². The molecule has 0 amide bonds. The molecule has 0 aliphatic carbocycles. The van der Waals surface area contributed by atoms with Crippen LogP contribution in [-0.4, -0.2) is 65.5 Å². The first-order valence-corrected chi connectivity index (χ1v) is 9.30. The molecule has 0 aromatic heterocycles. The topological polar surface area (TPSA) is 96.3 Å². The molecular weight excluding hydrogens is 406 g/mol. The third-order valence-electron chi connectivity index (χ3n) is 3.64. The Hall–Kier alpha value is -1.64. The van der Waals surface area contributed by atoms with Gasteiger partial charge in [0.15, 0.2) is 0 Å². The Kier molecular flexibility index (Phi) is 10.2. The van der Waals surface area contributed by atoms with E-state index in [0.29, 0.717) is 12.2 Å². The number of carboxylic acids is 2. The van der Waals surface area contributed by atoms with Crippen LogP contribution in [-0.2, 0) is 14.3 Å². The average molecular weight is 432 g/mol. The van der Waals surface area contributed by atoms with Crippen molar-refractivity contribution in [3.05, 3.63) is 28.7 Å². The zero-order valence-electron chi connectivity index (χ0n) is 15.1. The lowest BCUT2D eigenvalue weighted by molar-refractivity contribution is -0.159. The largest absolute Gasteiger partial charge is 0.492 e. The predicted molar refractivity (Wildman–Crippen MR) is 101 cm³/mol. The molecule has 2 unspecified atom stereocenters. The standard InChI is InChI=1S/C16H24BrNO2.C2H2O4/c1-13-11-18(12-14(2)20-13)9-5-6-10-19-16-8-4-3-7-15(16)17;3-1(4)2(5)6/h3-4,7-8,13-14H,5-6,9-12H2,1-2H3;(H,3,4)(H,5,6). The van der Waals surface area contributed by atoms with Crippen molar-refractivity contribution in [2.24, 2.45) is 0 Å². The van der Waals surface area contributed by atoms with Crippen molar-refractivity contribution in [2.75, 3.05) is 26.2 Å². The monoisotopic (exact) mass is 431 g/mol. The normalized spacial score (nSPS) is 20.0. The van der Waals surface area contributed by atoms with Gasteiger partial charge in [0.05, 0.1) is 23.3 Å². The highest BCUT2D eigenvalue weighted by atomic mass is 79.9. The van der Waals surface area contributed by atoms with Crippen LogP contribution in [0, 0.1) is 0 Å². The Bertz CT molecular complexity index is 561. The van der Waals surface area contributed by atoms with E-state index in [4.69, 9.17) is 29.3 Å². The molecule has 1 aliphatic rings. The molecule has 7 nitrogen and oxygen atoms in total. The molecule has 26 heavy (non-hydrogen) atoms. The third kappa shape index (κ3) is 9.17. The van der Waals surface area contributed by atoms with Crippen LogP contribution in [0.3, 0.4) is 0 Å². The van der Waals surface area contributed by atoms with Gasteiger partial charge in [0.2, 0.25) is 0 Å². The number of para-hydroxylation sites is 1. The van der Waals surface area contributed by atoms with Gasteiger partial charge >= 0.3 is 11.9 Å². The lowest BCUT2D eigenvalue weighted by Crippen LogP contribution is -2.45. The minimum absolute atomic E-state index is 0.357. The number of hydrogen-bond acceptors (Lipinski definition) is 5. The number of morpholine rings is 1. The van der Waals surface area contributed by atoms with Crippen molar-refractivity contribution in [1.29, 1.82) is 0 Å². The summed E-state index contributed by atoms with van der Waals surface area (Å²) in [6.07, 6.45) is 2.97. The molecule has 1 fully saturated rings. The second-order valence-corrected chi connectivity index (χ2v) is 6.97. The van der Waals surface area contributed by atoms with E-state index < -0.39 is 11.9 Å². The third-order valence-corrected chi connectivity index (χ3v) is 4.30. The fourth-order valence-electron chi connectivity index (χ4n) is 2.65. The molecule has 0 spiro atoms. The zero-order valence-corrected chi connectivity index (χ0v) is 16.6. The van der Waals surface area contributed by atoms with E-state index in [1.165, 1.54) is 6.42 Å². The second kappa shape index (κ2) is 11.9. The van der Waals surface area contributed by atoms with Crippen LogP contribution >= 0.6 is 15.9 Å². The van der Waals surface area contributed by atoms with E-state index in [1.54, 1.807) is 0 Å². The highest BCUT2D eigenvalue weighted by Crippen LogP contribution is 2.23. The number of unbranched alkanes of at least 4 members (excludes halogenated alkanes) is 1. The predicted octanol–water partition coefficient (Wildman–Crippen LogP) is 2.87. The molecule has 0 radical (unpaired) electrons. The van der Waals surface area contributed by atoms with Gasteiger partial charge in [0.25, 0.3) is 0 Å². The molecule has 2 atom stereocenters. The van der Waals surface area contributed by atoms with E-state index >= 15 is 0 Å². The van der Waals surface area contributed by atoms with Crippen molar-refractivity contribution in [3.63, 3.8) is 0 Å². The van der Waals surface area contributed by atoms with Gasteiger partial charge < -0.3 is 19.7 Å². The number of benzene rings is 1. The van der Waals surface area contributed by atoms with Crippen LogP contribution in [0.15, 0.2) is 28.7 Å². The quantitative estimate of drug-likeness (QED) is 0.527. The van der Waals surface area contributed by atoms with Crippen molar-refractivity contribution < 1.29 is 29.3 Å². The number of nitrogens with zero attached hydrogens (tertiary/aromatic N) is 1. The van der Waals surface area contributed by atoms with Gasteiger partial charge in [-0.2, -0.15) is 0 Å². The molecule has 1 saturated heterocycles. The summed E-state index contributed by atoms with van der Waals surface area (Å²) in [7, 11) is 0. The Balaban J connectivity index is 0.000000487. The number of halogens is 1. The summed E-state index contributed by atoms with van der Waals surface area (Å²) in [5.74, 6) is -2.72. The maximum absolute atomic E-state index is 9.10. The second-order valence-electron chi connectivity index (χ2n) is 6.11. The average Bonchev–Trinajstić information content (AvgIpc) is 2.56. The first-order valence-electron chi connectivity index (χ1n) is 8.51. The minimum Gasteiger partial charge on any atom is -0.492 e. The number of ether oxygens (including phenoxy) is 2. The van der Waals surface area contributed by atoms with Crippen molar-refractivity contribution in [3.8, 4) is 5.75 Å². The summed E-state index contributed by atoms with van der Waals surface area (Å²) >= 11 is 3.49. The van der Waals surface area contributed by atoms with Crippen LogP contribution in [0.5, 0.6) is 5.75 Å². The Morgan fingerprint density at radius 1 is 1.15 bits per heavy atom. The Labute approximate surface area is 162 Å². The molecule has 0 saturated carbocycles. The first-order chi connectivity index (χ1) is 12.3. The molecule has 1 aliphatic heterocycles. The van der Waals surface area contributed by atoms with E-state index in [0.717, 1.165) is 42.9 Å². The SMILES string of the molecule is CC1CN(CCCCOc2ccccc2Br)CC(C)O1.O=C(O)C(=O)O. The van der Waals surface area contributed by atoms with Gasteiger partial charge in [-0.3, -0.25) is 4.90 Å². The highest BCUT2D eigenvalue weighted by molar-refractivity contribution is 9.10. The maximum Gasteiger partial charge on any atom is 0.414 e. The molecular formula is C18H26BrNO6. The van der Waals surface area contributed by atoms with Crippen LogP contribution in [0.4, 0.5) is 0 Å². The number of carboxylic acid groups (broad SMARTS) is 2. The summed E-state index contributed by atoms with van der Waals surface area (Å²) in [5, 5.41) is 14.8. The molecule has 0 bridgehead atoms. The summed E-state index contributed by atoms with van der Waals surface area (Å²) in [5.41, 5.74) is 0. The van der Waals surface area contributed by atoms with E-state index in [9.17, 15) is 0 Å². The van der Waals surface area contributed by atoms with E-state index in [1.807, 2.05) is 24.3 Å². The van der Waals surface area contributed by atoms with Gasteiger partial charge in [0.1, 0.15) is 5.75 Å². The fraction of sp³-hybridized carbons (Fsp3) is 0.556. The number of rotatable bonds is 6. The van der Waals surface area contributed by atoms with Gasteiger partial charge in [0, 0.05) is 13.1 Å². The summed E-state index contributed by atoms with van der Waals surface area (Å²) in [6, 6.07) is 8.00. The van der Waals surface area contributed by atoms with Gasteiger partial charge in [-0.1, -0.05) is 12.1 Å². The van der Waals surface area contributed by atoms with E-state index in [2.05, 4.69) is 34.7 Å². The van der Waals surface area contributed by atoms with Gasteiger partial charge in [-0.05, 0) is 61.3 Å². The molecule has 2 rings (SSSR count). The summed E-state index contributed by atoms with van der Waals surface area (Å²) in [4.78, 5) is 20.7. The van der Waals surface area contributed by atoms with Crippen LogP contribution < -0.4 is 4.74 Å². The lowest BCUT2D eigenvalue weighted by atomic mass is 10.2. The lowest BCUT2D eigenvalue weighted by Gasteiger charge is -2.35. The van der Waals surface area contributed by atoms with Crippen molar-refractivity contribution in [2.45, 2.75) is 38.9 Å². The molecule has 146 valence electrons. The molecule has 8 heteroatoms. The van der Waals surface area contributed by atoms with Crippen molar-refractivity contribution >= 4 is 27.9 Å². The van der Waals surface area contributed by atoms with E-state index in [-0.39, 0.29) is 0 Å². The summed E-state index contributed by atoms with van der Waals surface area (Å²) in [6.45, 7) is 8.32. The smallest absolute Gasteiger partial charge is 0.414 e. The molecule has 1 aromatic carbocycles. The maximum atomic E-state index is 9.10. The first kappa shape index (κ1) is 22.4. The van der Waals surface area contributed by atoms with Crippen molar-refractivity contribution in [1.82, 2.24) is 4.90 Å². The zero-order chi connectivity index (χ0) is 19.5. The molecule has 1 heterocycles. The van der Waals surface area contributed by atoms with Crippen LogP contribution in [0.2, 0.25) is 0 Å². The minimum atomic E-state index is -1.82. The Morgan fingerprint density at radius 3 is 2.27 bits per heavy atom. The highest BCUT2D eigenvalue weighted by Gasteiger charge is 2.21. The summed E-state index contributed by atoms with van der Waals surface area (Å²) < 4.78 is 12.5. The van der Waals surface area contributed by atoms with Crippen LogP contribution in [0.25, 0.3) is 0 Å². The van der Waals surface area contributed by atoms with Crippen LogP contribution in [0.1, 0.15) is 26.7 Å².